The lowest BCUT2D eigenvalue weighted by atomic mass is 10.0. The van der Waals surface area contributed by atoms with E-state index in [-0.39, 0.29) is 16.7 Å². The zero-order valence-electron chi connectivity index (χ0n) is 8.86. The summed E-state index contributed by atoms with van der Waals surface area (Å²) in [5.74, 6) is -2.02. The first-order valence-electron chi connectivity index (χ1n) is 4.70. The minimum Gasteiger partial charge on any atom is -0.480 e. The minimum absolute atomic E-state index is 0.0754. The number of carbonyl (C=O) groups excluding carboxylic acids is 1. The van der Waals surface area contributed by atoms with Gasteiger partial charge in [-0.3, -0.25) is 4.79 Å². The van der Waals surface area contributed by atoms with Crippen molar-refractivity contribution in [3.63, 3.8) is 0 Å². The molecular weight excluding hydrogens is 234 g/mol. The first kappa shape index (κ1) is 12.6. The lowest BCUT2D eigenvalue weighted by Crippen LogP contribution is -2.44. The second-order valence-electron chi connectivity index (χ2n) is 3.63. The number of carbonyl (C=O) groups is 2. The molecule has 0 saturated heterocycles. The SMILES string of the molecule is CC(C)[C@H](NC(=O)c1occc1Cl)C(=O)O. The van der Waals surface area contributed by atoms with Crippen molar-refractivity contribution in [2.24, 2.45) is 5.92 Å². The number of aliphatic carboxylic acids is 1. The molecule has 0 aromatic carbocycles. The number of carboxylic acid groups (broad SMARTS) is 1. The Morgan fingerprint density at radius 1 is 1.50 bits per heavy atom. The minimum atomic E-state index is -1.09. The molecule has 0 fully saturated rings. The number of hydrogen-bond donors (Lipinski definition) is 2. The Bertz CT molecular complexity index is 399. The van der Waals surface area contributed by atoms with Crippen molar-refractivity contribution in [2.75, 3.05) is 0 Å². The van der Waals surface area contributed by atoms with Gasteiger partial charge < -0.3 is 14.8 Å². The number of hydrogen-bond acceptors (Lipinski definition) is 3. The fourth-order valence-corrected chi connectivity index (χ4v) is 1.36. The Hall–Kier alpha value is -1.49. The molecule has 0 bridgehead atoms. The molecule has 5 nitrogen and oxygen atoms in total. The van der Waals surface area contributed by atoms with Crippen molar-refractivity contribution in [1.29, 1.82) is 0 Å². The number of carboxylic acids is 1. The van der Waals surface area contributed by atoms with Gasteiger partial charge in [-0.15, -0.1) is 0 Å². The summed E-state index contributed by atoms with van der Waals surface area (Å²) in [6.07, 6.45) is 1.27. The Balaban J connectivity index is 2.77. The highest BCUT2D eigenvalue weighted by Crippen LogP contribution is 2.16. The lowest BCUT2D eigenvalue weighted by Gasteiger charge is -2.16. The Morgan fingerprint density at radius 2 is 2.12 bits per heavy atom. The predicted molar refractivity (Wildman–Crippen MR) is 57.4 cm³/mol. The maximum atomic E-state index is 11.6. The second kappa shape index (κ2) is 5.03. The van der Waals surface area contributed by atoms with Crippen LogP contribution in [-0.2, 0) is 4.79 Å². The van der Waals surface area contributed by atoms with Gasteiger partial charge >= 0.3 is 5.97 Å². The van der Waals surface area contributed by atoms with E-state index in [1.165, 1.54) is 12.3 Å². The number of nitrogens with one attached hydrogen (secondary N) is 1. The highest BCUT2D eigenvalue weighted by Gasteiger charge is 2.25. The van der Waals surface area contributed by atoms with Crippen LogP contribution in [0.2, 0.25) is 5.02 Å². The largest absolute Gasteiger partial charge is 0.480 e. The zero-order chi connectivity index (χ0) is 12.3. The summed E-state index contributed by atoms with van der Waals surface area (Å²) in [6.45, 7) is 3.39. The summed E-state index contributed by atoms with van der Waals surface area (Å²) in [6, 6.07) is 0.454. The monoisotopic (exact) mass is 245 g/mol. The van der Waals surface area contributed by atoms with Crippen LogP contribution in [0.25, 0.3) is 0 Å². The van der Waals surface area contributed by atoms with E-state index in [9.17, 15) is 9.59 Å². The van der Waals surface area contributed by atoms with Crippen LogP contribution in [0.5, 0.6) is 0 Å². The molecule has 1 rings (SSSR count). The molecule has 1 amide bonds. The highest BCUT2D eigenvalue weighted by atomic mass is 35.5. The standard InChI is InChI=1S/C10H12ClNO4/c1-5(2)7(10(14)15)12-9(13)8-6(11)3-4-16-8/h3-5,7H,1-2H3,(H,12,13)(H,14,15)/t7-/m0/s1. The maximum Gasteiger partial charge on any atom is 0.326 e. The van der Waals surface area contributed by atoms with E-state index in [4.69, 9.17) is 21.1 Å². The van der Waals surface area contributed by atoms with Gasteiger partial charge in [-0.1, -0.05) is 25.4 Å². The van der Waals surface area contributed by atoms with E-state index < -0.39 is 17.9 Å². The fraction of sp³-hybridized carbons (Fsp3) is 0.400. The molecule has 0 aliphatic carbocycles. The molecule has 2 N–H and O–H groups in total. The Labute approximate surface area is 97.4 Å². The summed E-state index contributed by atoms with van der Waals surface area (Å²) in [5.41, 5.74) is 0. The van der Waals surface area contributed by atoms with Gasteiger partial charge in [0.2, 0.25) is 5.76 Å². The van der Waals surface area contributed by atoms with Gasteiger partial charge in [0.25, 0.3) is 5.91 Å². The van der Waals surface area contributed by atoms with Crippen LogP contribution >= 0.6 is 11.6 Å². The van der Waals surface area contributed by atoms with Crippen molar-refractivity contribution in [2.45, 2.75) is 19.9 Å². The third-order valence-corrected chi connectivity index (χ3v) is 2.34. The third kappa shape index (κ3) is 2.76. The molecule has 0 radical (unpaired) electrons. The number of rotatable bonds is 4. The van der Waals surface area contributed by atoms with Gasteiger partial charge in [-0.25, -0.2) is 4.79 Å². The van der Waals surface area contributed by atoms with E-state index in [1.807, 2.05) is 0 Å². The van der Waals surface area contributed by atoms with E-state index >= 15 is 0 Å². The van der Waals surface area contributed by atoms with Crippen molar-refractivity contribution < 1.29 is 19.1 Å². The third-order valence-electron chi connectivity index (χ3n) is 2.04. The molecule has 1 aromatic heterocycles. The van der Waals surface area contributed by atoms with Crippen LogP contribution < -0.4 is 5.32 Å². The quantitative estimate of drug-likeness (QED) is 0.847. The van der Waals surface area contributed by atoms with Crippen LogP contribution in [-0.4, -0.2) is 23.0 Å². The molecule has 0 aliphatic rings. The van der Waals surface area contributed by atoms with E-state index in [0.717, 1.165) is 0 Å². The smallest absolute Gasteiger partial charge is 0.326 e. The van der Waals surface area contributed by atoms with E-state index in [1.54, 1.807) is 13.8 Å². The van der Waals surface area contributed by atoms with Crippen LogP contribution in [0.3, 0.4) is 0 Å². The first-order valence-corrected chi connectivity index (χ1v) is 5.08. The van der Waals surface area contributed by atoms with E-state index in [0.29, 0.717) is 0 Å². The molecule has 1 aromatic rings. The number of halogens is 1. The van der Waals surface area contributed by atoms with Crippen molar-refractivity contribution in [3.05, 3.63) is 23.1 Å². The molecule has 0 saturated carbocycles. The molecular formula is C10H12ClNO4. The lowest BCUT2D eigenvalue weighted by molar-refractivity contribution is -0.140. The van der Waals surface area contributed by atoms with Crippen LogP contribution in [0.15, 0.2) is 16.7 Å². The topological polar surface area (TPSA) is 79.5 Å². The first-order chi connectivity index (χ1) is 7.43. The van der Waals surface area contributed by atoms with Crippen LogP contribution in [0.1, 0.15) is 24.4 Å². The molecule has 0 unspecified atom stereocenters. The Morgan fingerprint density at radius 3 is 2.50 bits per heavy atom. The summed E-state index contributed by atoms with van der Waals surface area (Å²) in [4.78, 5) is 22.4. The summed E-state index contributed by atoms with van der Waals surface area (Å²) in [7, 11) is 0. The van der Waals surface area contributed by atoms with Gasteiger partial charge in [0.05, 0.1) is 11.3 Å². The number of amides is 1. The molecule has 16 heavy (non-hydrogen) atoms. The van der Waals surface area contributed by atoms with Gasteiger partial charge in [0.15, 0.2) is 0 Å². The summed E-state index contributed by atoms with van der Waals surface area (Å²) in [5, 5.41) is 11.4. The van der Waals surface area contributed by atoms with Gasteiger partial charge in [-0.05, 0) is 12.0 Å². The molecule has 1 heterocycles. The van der Waals surface area contributed by atoms with Crippen molar-refractivity contribution in [3.8, 4) is 0 Å². The zero-order valence-corrected chi connectivity index (χ0v) is 9.62. The summed E-state index contributed by atoms with van der Waals surface area (Å²) < 4.78 is 4.85. The fourth-order valence-electron chi connectivity index (χ4n) is 1.18. The van der Waals surface area contributed by atoms with Crippen LogP contribution in [0.4, 0.5) is 0 Å². The van der Waals surface area contributed by atoms with E-state index in [2.05, 4.69) is 5.32 Å². The maximum absolute atomic E-state index is 11.6. The molecule has 1 atom stereocenters. The van der Waals surface area contributed by atoms with Gasteiger partial charge in [-0.2, -0.15) is 0 Å². The molecule has 0 spiro atoms. The van der Waals surface area contributed by atoms with Crippen molar-refractivity contribution in [1.82, 2.24) is 5.32 Å². The van der Waals surface area contributed by atoms with Gasteiger partial charge in [0.1, 0.15) is 6.04 Å². The molecule has 6 heteroatoms. The van der Waals surface area contributed by atoms with Crippen molar-refractivity contribution >= 4 is 23.5 Å². The van der Waals surface area contributed by atoms with Crippen LogP contribution in [0, 0.1) is 5.92 Å². The average molecular weight is 246 g/mol. The highest BCUT2D eigenvalue weighted by molar-refractivity contribution is 6.33. The Kier molecular flexibility index (Phi) is 3.95. The predicted octanol–water partition coefficient (Wildman–Crippen LogP) is 1.77. The van der Waals surface area contributed by atoms with Gasteiger partial charge in [0, 0.05) is 0 Å². The summed E-state index contributed by atoms with van der Waals surface area (Å²) >= 11 is 5.68. The second-order valence-corrected chi connectivity index (χ2v) is 4.04. The molecule has 0 aliphatic heterocycles. The normalized spacial score (nSPS) is 12.5. The number of furan rings is 1. The average Bonchev–Trinajstić information content (AvgIpc) is 2.59. The molecule has 88 valence electrons.